The van der Waals surface area contributed by atoms with E-state index in [1.807, 2.05) is 35.2 Å². The van der Waals surface area contributed by atoms with Gasteiger partial charge in [0.15, 0.2) is 6.10 Å². The molecule has 1 unspecified atom stereocenters. The van der Waals surface area contributed by atoms with Gasteiger partial charge in [-0.1, -0.05) is 24.3 Å². The summed E-state index contributed by atoms with van der Waals surface area (Å²) in [6.45, 7) is 5.44. The zero-order valence-corrected chi connectivity index (χ0v) is 15.7. The Labute approximate surface area is 159 Å². The Morgan fingerprint density at radius 2 is 1.93 bits per heavy atom. The molecule has 0 fully saturated rings. The number of carbonyl (C=O) groups is 1. The number of nitrogens with zero attached hydrogens (tertiary/aromatic N) is 2. The van der Waals surface area contributed by atoms with Gasteiger partial charge < -0.3 is 9.64 Å². The van der Waals surface area contributed by atoms with Gasteiger partial charge in [0.1, 0.15) is 5.75 Å². The fraction of sp³-hybridized carbons (Fsp3) is 0.304. The number of amides is 1. The monoisotopic (exact) mass is 358 g/mol. The minimum Gasteiger partial charge on any atom is -0.480 e. The quantitative estimate of drug-likeness (QED) is 0.821. The average Bonchev–Trinajstić information content (AvgIpc) is 3.10. The predicted octanol–water partition coefficient (Wildman–Crippen LogP) is 3.79. The van der Waals surface area contributed by atoms with Gasteiger partial charge in [-0.3, -0.25) is 4.79 Å². The second-order valence-corrected chi connectivity index (χ2v) is 7.31. The van der Waals surface area contributed by atoms with Crippen LogP contribution < -0.4 is 4.74 Å². The van der Waals surface area contributed by atoms with E-state index in [1.54, 1.807) is 0 Å². The van der Waals surface area contributed by atoms with Crippen molar-refractivity contribution >= 4 is 11.5 Å². The first-order valence-corrected chi connectivity index (χ1v) is 9.30. The molecule has 136 valence electrons. The maximum absolute atomic E-state index is 12.9. The highest BCUT2D eigenvalue weighted by atomic mass is 16.5. The minimum absolute atomic E-state index is 0.0663. The molecule has 4 nitrogen and oxygen atoms in total. The molecule has 0 N–H and O–H groups in total. The van der Waals surface area contributed by atoms with E-state index in [9.17, 15) is 4.79 Å². The van der Waals surface area contributed by atoms with Crippen molar-refractivity contribution in [2.75, 3.05) is 13.1 Å². The van der Waals surface area contributed by atoms with E-state index < -0.39 is 6.10 Å². The molecule has 1 atom stereocenters. The van der Waals surface area contributed by atoms with Crippen molar-refractivity contribution in [1.82, 2.24) is 4.90 Å². The number of rotatable bonds is 2. The zero-order chi connectivity index (χ0) is 19.0. The molecule has 0 saturated heterocycles. The second-order valence-electron chi connectivity index (χ2n) is 7.31. The third-order valence-corrected chi connectivity index (χ3v) is 5.53. The molecule has 4 heteroatoms. The molecular weight excluding hydrogens is 336 g/mol. The molecule has 2 heterocycles. The Kier molecular flexibility index (Phi) is 4.45. The average molecular weight is 358 g/mol. The molecule has 1 amide bonds. The summed E-state index contributed by atoms with van der Waals surface area (Å²) in [5, 5.41) is 8.91. The van der Waals surface area contributed by atoms with Crippen molar-refractivity contribution in [3.8, 4) is 11.8 Å². The van der Waals surface area contributed by atoms with Crippen molar-refractivity contribution < 1.29 is 9.53 Å². The summed E-state index contributed by atoms with van der Waals surface area (Å²) in [4.78, 5) is 14.8. The van der Waals surface area contributed by atoms with Gasteiger partial charge in [0.2, 0.25) is 0 Å². The van der Waals surface area contributed by atoms with Crippen LogP contribution in [0.15, 0.2) is 42.5 Å². The van der Waals surface area contributed by atoms with Crippen molar-refractivity contribution in [2.45, 2.75) is 32.8 Å². The van der Waals surface area contributed by atoms with Crippen LogP contribution in [0.3, 0.4) is 0 Å². The Hall–Kier alpha value is -3.06. The molecule has 4 rings (SSSR count). The lowest BCUT2D eigenvalue weighted by atomic mass is 9.98. The minimum atomic E-state index is -0.411. The number of ether oxygens (including phenoxy) is 1. The van der Waals surface area contributed by atoms with Gasteiger partial charge in [-0.05, 0) is 66.3 Å². The van der Waals surface area contributed by atoms with Gasteiger partial charge in [0.25, 0.3) is 5.91 Å². The summed E-state index contributed by atoms with van der Waals surface area (Å²) in [5.41, 5.74) is 6.56. The lowest BCUT2D eigenvalue weighted by Crippen LogP contribution is -2.43. The summed E-state index contributed by atoms with van der Waals surface area (Å²) in [6, 6.07) is 13.9. The smallest absolute Gasteiger partial charge is 0.264 e. The first kappa shape index (κ1) is 17.4. The largest absolute Gasteiger partial charge is 0.480 e. The van der Waals surface area contributed by atoms with Gasteiger partial charge in [-0.2, -0.15) is 5.26 Å². The summed E-state index contributed by atoms with van der Waals surface area (Å²) in [5.74, 6) is 0.916. The first-order chi connectivity index (χ1) is 13.0. The fourth-order valence-electron chi connectivity index (χ4n) is 3.75. The molecule has 0 aromatic heterocycles. The van der Waals surface area contributed by atoms with Crippen molar-refractivity contribution in [3.05, 3.63) is 70.3 Å². The lowest BCUT2D eigenvalue weighted by Gasteiger charge is -2.28. The van der Waals surface area contributed by atoms with Crippen molar-refractivity contribution in [3.63, 3.8) is 0 Å². The number of hydrogen-bond acceptors (Lipinski definition) is 3. The molecule has 0 saturated carbocycles. The van der Waals surface area contributed by atoms with Crippen molar-refractivity contribution in [2.24, 2.45) is 0 Å². The molecule has 0 radical (unpaired) electrons. The number of carbonyl (C=O) groups excluding carboxylic acids is 1. The summed E-state index contributed by atoms with van der Waals surface area (Å²) in [6.07, 6.45) is 3.17. The highest BCUT2D eigenvalue weighted by Gasteiger charge is 2.33. The molecule has 0 aliphatic carbocycles. The molecule has 0 spiro atoms. The highest BCUT2D eigenvalue weighted by molar-refractivity contribution is 5.84. The van der Waals surface area contributed by atoms with Crippen LogP contribution in [-0.4, -0.2) is 30.0 Å². The van der Waals surface area contributed by atoms with Gasteiger partial charge >= 0.3 is 0 Å². The standard InChI is InChI=1S/C23H22N2O2/c1-15-11-20-13-22(27-21(20)12-16(15)2)23(26)25-9-7-19(8-10-25)18-5-3-17(14-24)4-6-18/h3-7,11-12,22H,8-10,13H2,1-2H3. The van der Waals surface area contributed by atoms with E-state index in [4.69, 9.17) is 10.00 Å². The normalized spacial score (nSPS) is 18.3. The first-order valence-electron chi connectivity index (χ1n) is 9.30. The molecule has 27 heavy (non-hydrogen) atoms. The van der Waals surface area contributed by atoms with E-state index in [-0.39, 0.29) is 5.91 Å². The lowest BCUT2D eigenvalue weighted by molar-refractivity contribution is -0.137. The maximum atomic E-state index is 12.9. The van der Waals surface area contributed by atoms with E-state index in [0.29, 0.717) is 25.1 Å². The number of fused-ring (bicyclic) bond motifs is 1. The van der Waals surface area contributed by atoms with E-state index in [2.05, 4.69) is 32.1 Å². The third kappa shape index (κ3) is 3.33. The number of aryl methyl sites for hydroxylation is 2. The third-order valence-electron chi connectivity index (χ3n) is 5.53. The molecule has 2 aromatic carbocycles. The van der Waals surface area contributed by atoms with Crippen LogP contribution in [0.4, 0.5) is 0 Å². The summed E-state index contributed by atoms with van der Waals surface area (Å²) < 4.78 is 5.95. The van der Waals surface area contributed by atoms with Crippen LogP contribution in [0.5, 0.6) is 5.75 Å². The second kappa shape index (κ2) is 6.92. The van der Waals surface area contributed by atoms with Gasteiger partial charge in [0, 0.05) is 19.5 Å². The maximum Gasteiger partial charge on any atom is 0.264 e. The fourth-order valence-corrected chi connectivity index (χ4v) is 3.75. The molecule has 2 aromatic rings. The Balaban J connectivity index is 1.43. The molecule has 2 aliphatic heterocycles. The summed E-state index contributed by atoms with van der Waals surface area (Å²) in [7, 11) is 0. The Morgan fingerprint density at radius 1 is 1.19 bits per heavy atom. The predicted molar refractivity (Wildman–Crippen MR) is 104 cm³/mol. The van der Waals surface area contributed by atoms with Crippen LogP contribution >= 0.6 is 0 Å². The molecule has 0 bridgehead atoms. The van der Waals surface area contributed by atoms with Crippen LogP contribution in [0.25, 0.3) is 5.57 Å². The van der Waals surface area contributed by atoms with Gasteiger partial charge in [0.05, 0.1) is 11.6 Å². The molecular formula is C23H22N2O2. The number of benzene rings is 2. The van der Waals surface area contributed by atoms with Crippen LogP contribution in [0, 0.1) is 25.2 Å². The van der Waals surface area contributed by atoms with E-state index in [0.717, 1.165) is 23.3 Å². The summed E-state index contributed by atoms with van der Waals surface area (Å²) >= 11 is 0. The van der Waals surface area contributed by atoms with E-state index in [1.165, 1.54) is 16.7 Å². The Morgan fingerprint density at radius 3 is 2.59 bits per heavy atom. The van der Waals surface area contributed by atoms with Crippen LogP contribution in [-0.2, 0) is 11.2 Å². The van der Waals surface area contributed by atoms with E-state index >= 15 is 0 Å². The van der Waals surface area contributed by atoms with Crippen molar-refractivity contribution in [1.29, 1.82) is 5.26 Å². The SMILES string of the molecule is Cc1cc2c(cc1C)OC(C(=O)N1CC=C(c3ccc(C#N)cc3)CC1)C2. The molecule has 2 aliphatic rings. The van der Waals surface area contributed by atoms with Gasteiger partial charge in [-0.15, -0.1) is 0 Å². The number of nitriles is 1. The van der Waals surface area contributed by atoms with Crippen LogP contribution in [0.2, 0.25) is 0 Å². The Bertz CT molecular complexity index is 936. The zero-order valence-electron chi connectivity index (χ0n) is 15.7. The van der Waals surface area contributed by atoms with Crippen LogP contribution in [0.1, 0.15) is 34.2 Å². The van der Waals surface area contributed by atoms with Gasteiger partial charge in [-0.25, -0.2) is 0 Å². The highest BCUT2D eigenvalue weighted by Crippen LogP contribution is 2.32. The number of hydrogen-bond donors (Lipinski definition) is 0. The topological polar surface area (TPSA) is 53.3 Å².